The molecule has 6 heteroatoms. The number of anilines is 1. The lowest BCUT2D eigenvalue weighted by Crippen LogP contribution is -2.17. The Labute approximate surface area is 151 Å². The summed E-state index contributed by atoms with van der Waals surface area (Å²) in [5.41, 5.74) is 17.3. The number of carbonyl (C=O) groups excluding carboxylic acids is 1. The van der Waals surface area contributed by atoms with Crippen LogP contribution in [0.4, 0.5) is 10.1 Å². The van der Waals surface area contributed by atoms with E-state index >= 15 is 0 Å². The molecule has 0 unspecified atom stereocenters. The molecule has 3 aromatic rings. The number of aryl methyl sites for hydroxylation is 2. The predicted molar refractivity (Wildman–Crippen MR) is 102 cm³/mol. The smallest absolute Gasteiger partial charge is 0.271 e. The van der Waals surface area contributed by atoms with Crippen molar-refractivity contribution < 1.29 is 9.18 Å². The third-order valence-corrected chi connectivity index (χ3v) is 4.75. The number of nitrogens with two attached hydrogens (primary N) is 2. The van der Waals surface area contributed by atoms with Crippen LogP contribution in [0.25, 0.3) is 22.0 Å². The number of fused-ring (bicyclic) bond motifs is 1. The lowest BCUT2D eigenvalue weighted by atomic mass is 9.89. The van der Waals surface area contributed by atoms with Gasteiger partial charge in [0.2, 0.25) is 0 Å². The zero-order chi connectivity index (χ0) is 18.8. The van der Waals surface area contributed by atoms with E-state index in [-0.39, 0.29) is 11.4 Å². The van der Waals surface area contributed by atoms with Crippen molar-refractivity contribution >= 4 is 22.5 Å². The van der Waals surface area contributed by atoms with Gasteiger partial charge in [-0.3, -0.25) is 9.18 Å². The average Bonchev–Trinajstić information content (AvgIpc) is 2.62. The van der Waals surface area contributed by atoms with Gasteiger partial charge in [0, 0.05) is 10.9 Å². The highest BCUT2D eigenvalue weighted by atomic mass is 19.1. The summed E-state index contributed by atoms with van der Waals surface area (Å²) in [7, 11) is 0. The maximum Gasteiger partial charge on any atom is 0.271 e. The van der Waals surface area contributed by atoms with Crippen molar-refractivity contribution in [2.24, 2.45) is 5.73 Å². The van der Waals surface area contributed by atoms with Crippen molar-refractivity contribution in [1.82, 2.24) is 10.2 Å². The predicted octanol–water partition coefficient (Wildman–Crippen LogP) is 3.50. The summed E-state index contributed by atoms with van der Waals surface area (Å²) < 4.78 is 12.8. The van der Waals surface area contributed by atoms with E-state index in [2.05, 4.69) is 10.2 Å². The fraction of sp³-hybridized carbons (Fsp3) is 0.250. The van der Waals surface area contributed by atoms with E-state index in [0.29, 0.717) is 23.7 Å². The minimum absolute atomic E-state index is 0.0408. The maximum absolute atomic E-state index is 12.8. The number of hydrogen-bond donors (Lipinski definition) is 2. The normalized spacial score (nSPS) is 11.0. The molecule has 1 amide bonds. The number of rotatable bonds is 5. The van der Waals surface area contributed by atoms with Gasteiger partial charge in [-0.2, -0.15) is 0 Å². The second kappa shape index (κ2) is 7.07. The van der Waals surface area contributed by atoms with Crippen LogP contribution in [0, 0.1) is 13.8 Å². The van der Waals surface area contributed by atoms with Crippen molar-refractivity contribution in [2.75, 3.05) is 12.4 Å². The number of primary amides is 1. The van der Waals surface area contributed by atoms with E-state index in [4.69, 9.17) is 11.5 Å². The molecule has 26 heavy (non-hydrogen) atoms. The van der Waals surface area contributed by atoms with Crippen LogP contribution < -0.4 is 11.5 Å². The second-order valence-corrected chi connectivity index (χ2v) is 6.36. The fourth-order valence-electron chi connectivity index (χ4n) is 3.21. The van der Waals surface area contributed by atoms with Gasteiger partial charge in [-0.05, 0) is 48.9 Å². The Morgan fingerprint density at radius 2 is 1.92 bits per heavy atom. The first-order valence-corrected chi connectivity index (χ1v) is 8.45. The van der Waals surface area contributed by atoms with Crippen LogP contribution in [-0.4, -0.2) is 22.8 Å². The monoisotopic (exact) mass is 352 g/mol. The molecule has 134 valence electrons. The Kier molecular flexibility index (Phi) is 4.84. The first-order chi connectivity index (χ1) is 12.5. The summed E-state index contributed by atoms with van der Waals surface area (Å²) in [6.45, 7) is 3.69. The van der Waals surface area contributed by atoms with Gasteiger partial charge in [-0.15, -0.1) is 10.2 Å². The molecule has 5 nitrogen and oxygen atoms in total. The maximum atomic E-state index is 12.8. The standard InChI is InChI=1S/C20H21FN4O/c1-11-5-3-7-14(12(11)2)16-13(6-4-10-21)8-9-15-17(22)19(20(23)26)25-24-18(15)16/h3,5,7-9H,4,6,10H2,1-2H3,(H2,22,24)(H2,23,26). The van der Waals surface area contributed by atoms with Gasteiger partial charge >= 0.3 is 0 Å². The lowest BCUT2D eigenvalue weighted by molar-refractivity contribution is 0.0996. The van der Waals surface area contributed by atoms with Crippen molar-refractivity contribution in [3.63, 3.8) is 0 Å². The number of aromatic nitrogens is 2. The number of nitrogens with zero attached hydrogens (tertiary/aromatic N) is 2. The van der Waals surface area contributed by atoms with Gasteiger partial charge in [0.15, 0.2) is 5.69 Å². The quantitative estimate of drug-likeness (QED) is 0.735. The number of alkyl halides is 1. The van der Waals surface area contributed by atoms with Crippen LogP contribution in [0.5, 0.6) is 0 Å². The SMILES string of the molecule is Cc1cccc(-c2c(CCCF)ccc3c(N)c(C(N)=O)nnc23)c1C. The number of halogens is 1. The van der Waals surface area contributed by atoms with Gasteiger partial charge in [-0.1, -0.05) is 30.3 Å². The summed E-state index contributed by atoms with van der Waals surface area (Å²) in [4.78, 5) is 11.5. The van der Waals surface area contributed by atoms with Crippen LogP contribution in [-0.2, 0) is 6.42 Å². The Morgan fingerprint density at radius 3 is 2.62 bits per heavy atom. The zero-order valence-corrected chi connectivity index (χ0v) is 14.8. The molecule has 0 aliphatic heterocycles. The topological polar surface area (TPSA) is 94.9 Å². The summed E-state index contributed by atoms with van der Waals surface area (Å²) in [6, 6.07) is 9.74. The summed E-state index contributed by atoms with van der Waals surface area (Å²) in [5.74, 6) is -0.716. The summed E-state index contributed by atoms with van der Waals surface area (Å²) >= 11 is 0. The highest BCUT2D eigenvalue weighted by Crippen LogP contribution is 2.36. The molecule has 0 aliphatic carbocycles. The van der Waals surface area contributed by atoms with Crippen molar-refractivity contribution in [1.29, 1.82) is 0 Å². The van der Waals surface area contributed by atoms with Crippen LogP contribution in [0.15, 0.2) is 30.3 Å². The molecule has 1 heterocycles. The molecule has 0 atom stereocenters. The number of benzene rings is 2. The number of amides is 1. The minimum Gasteiger partial charge on any atom is -0.396 e. The largest absolute Gasteiger partial charge is 0.396 e. The third-order valence-electron chi connectivity index (χ3n) is 4.75. The van der Waals surface area contributed by atoms with Crippen molar-refractivity contribution in [2.45, 2.75) is 26.7 Å². The molecular weight excluding hydrogens is 331 g/mol. The van der Waals surface area contributed by atoms with Gasteiger partial charge in [0.1, 0.15) is 5.52 Å². The molecule has 0 saturated heterocycles. The first kappa shape index (κ1) is 17.8. The Bertz CT molecular complexity index is 1000. The molecule has 0 radical (unpaired) electrons. The lowest BCUT2D eigenvalue weighted by Gasteiger charge is -2.16. The number of nitrogen functional groups attached to an aromatic ring is 1. The van der Waals surface area contributed by atoms with Gasteiger partial charge in [-0.25, -0.2) is 0 Å². The molecular formula is C20H21FN4O. The van der Waals surface area contributed by atoms with Gasteiger partial charge < -0.3 is 11.5 Å². The molecule has 0 spiro atoms. The second-order valence-electron chi connectivity index (χ2n) is 6.36. The van der Waals surface area contributed by atoms with Gasteiger partial charge in [0.25, 0.3) is 5.91 Å². The Hall–Kier alpha value is -3.02. The van der Waals surface area contributed by atoms with E-state index < -0.39 is 12.6 Å². The fourth-order valence-corrected chi connectivity index (χ4v) is 3.21. The van der Waals surface area contributed by atoms with E-state index in [1.54, 1.807) is 6.07 Å². The van der Waals surface area contributed by atoms with E-state index in [9.17, 15) is 9.18 Å². The Balaban J connectivity index is 2.37. The van der Waals surface area contributed by atoms with Crippen LogP contribution in [0.1, 0.15) is 33.6 Å². The number of carbonyl (C=O) groups is 1. The summed E-state index contributed by atoms with van der Waals surface area (Å²) in [5, 5.41) is 8.82. The molecule has 2 aromatic carbocycles. The van der Waals surface area contributed by atoms with E-state index in [0.717, 1.165) is 27.8 Å². The van der Waals surface area contributed by atoms with Gasteiger partial charge in [0.05, 0.1) is 12.4 Å². The third kappa shape index (κ3) is 2.98. The molecule has 3 rings (SSSR count). The molecule has 0 fully saturated rings. The molecule has 1 aromatic heterocycles. The minimum atomic E-state index is -0.716. The Morgan fingerprint density at radius 1 is 1.15 bits per heavy atom. The van der Waals surface area contributed by atoms with E-state index in [1.165, 1.54) is 0 Å². The zero-order valence-electron chi connectivity index (χ0n) is 14.8. The summed E-state index contributed by atoms with van der Waals surface area (Å²) in [6.07, 6.45) is 1.000. The molecule has 0 aliphatic rings. The molecule has 4 N–H and O–H groups in total. The average molecular weight is 352 g/mol. The van der Waals surface area contributed by atoms with Crippen LogP contribution >= 0.6 is 0 Å². The highest BCUT2D eigenvalue weighted by molar-refractivity contribution is 6.07. The van der Waals surface area contributed by atoms with E-state index in [1.807, 2.05) is 38.1 Å². The first-order valence-electron chi connectivity index (χ1n) is 8.45. The van der Waals surface area contributed by atoms with Crippen LogP contribution in [0.3, 0.4) is 0 Å². The number of hydrogen-bond acceptors (Lipinski definition) is 4. The molecule has 0 saturated carbocycles. The highest BCUT2D eigenvalue weighted by Gasteiger charge is 2.19. The van der Waals surface area contributed by atoms with Crippen LogP contribution in [0.2, 0.25) is 0 Å². The molecule has 0 bridgehead atoms. The van der Waals surface area contributed by atoms with Crippen molar-refractivity contribution in [3.8, 4) is 11.1 Å². The van der Waals surface area contributed by atoms with Crippen molar-refractivity contribution in [3.05, 3.63) is 52.7 Å².